The lowest BCUT2D eigenvalue weighted by Gasteiger charge is -2.11. The summed E-state index contributed by atoms with van der Waals surface area (Å²) in [6.07, 6.45) is -4.42. The van der Waals surface area contributed by atoms with Crippen molar-refractivity contribution in [2.45, 2.75) is 19.1 Å². The molecular weight excluding hydrogens is 406 g/mol. The fraction of sp³-hybridized carbons (Fsp3) is 0.211. The van der Waals surface area contributed by atoms with Crippen LogP contribution in [0.1, 0.15) is 22.5 Å². The van der Waals surface area contributed by atoms with Crippen LogP contribution in [0, 0.1) is 5.82 Å². The normalized spacial score (nSPS) is 11.5. The van der Waals surface area contributed by atoms with Crippen molar-refractivity contribution in [3.8, 4) is 0 Å². The van der Waals surface area contributed by atoms with Crippen LogP contribution in [-0.2, 0) is 12.7 Å². The van der Waals surface area contributed by atoms with Gasteiger partial charge in [0.15, 0.2) is 0 Å². The highest BCUT2D eigenvalue weighted by molar-refractivity contribution is 6.04. The third-order valence-electron chi connectivity index (χ3n) is 4.24. The Balaban J connectivity index is 1.55. The molecule has 0 radical (unpaired) electrons. The number of primary amides is 1. The maximum Gasteiger partial charge on any atom is 0.419 e. The monoisotopic (exact) mass is 423 g/mol. The molecule has 0 saturated heterocycles. The first kappa shape index (κ1) is 21.1. The topological polar surface area (TPSA) is 102 Å². The molecule has 3 aromatic rings. The van der Waals surface area contributed by atoms with Gasteiger partial charge in [-0.15, -0.1) is 0 Å². The molecule has 1 heterocycles. The second kappa shape index (κ2) is 8.39. The Morgan fingerprint density at radius 2 is 1.87 bits per heavy atom. The van der Waals surface area contributed by atoms with E-state index < -0.39 is 29.5 Å². The predicted molar refractivity (Wildman–Crippen MR) is 101 cm³/mol. The average Bonchev–Trinajstić information content (AvgIpc) is 3.02. The van der Waals surface area contributed by atoms with Crippen LogP contribution in [0.2, 0.25) is 0 Å². The highest BCUT2D eigenvalue weighted by Crippen LogP contribution is 2.32. The summed E-state index contributed by atoms with van der Waals surface area (Å²) in [4.78, 5) is 23.6. The van der Waals surface area contributed by atoms with Gasteiger partial charge in [-0.1, -0.05) is 18.2 Å². The first-order valence-electron chi connectivity index (χ1n) is 8.84. The molecule has 0 bridgehead atoms. The molecular formula is C19H17F4N5O2. The van der Waals surface area contributed by atoms with E-state index in [0.717, 1.165) is 6.07 Å². The molecule has 3 rings (SSSR count). The highest BCUT2D eigenvalue weighted by Gasteiger charge is 2.34. The molecule has 1 aromatic heterocycles. The van der Waals surface area contributed by atoms with Crippen LogP contribution >= 0.6 is 0 Å². The number of nitrogens with zero attached hydrogens (tertiary/aromatic N) is 2. The molecule has 0 aliphatic carbocycles. The number of amides is 3. The molecule has 30 heavy (non-hydrogen) atoms. The summed E-state index contributed by atoms with van der Waals surface area (Å²) in [5.74, 6) is -2.11. The Hall–Kier alpha value is -3.63. The lowest BCUT2D eigenvalue weighted by Crippen LogP contribution is -2.30. The Bertz CT molecular complexity index is 1090. The Morgan fingerprint density at radius 1 is 1.13 bits per heavy atom. The van der Waals surface area contributed by atoms with Crippen LogP contribution in [-0.4, -0.2) is 28.3 Å². The molecule has 0 fully saturated rings. The van der Waals surface area contributed by atoms with Gasteiger partial charge in [-0.3, -0.25) is 9.48 Å². The van der Waals surface area contributed by atoms with E-state index in [1.165, 1.54) is 4.68 Å². The zero-order valence-corrected chi connectivity index (χ0v) is 15.5. The molecule has 7 nitrogen and oxygen atoms in total. The van der Waals surface area contributed by atoms with E-state index in [2.05, 4.69) is 15.7 Å². The second-order valence-corrected chi connectivity index (χ2v) is 6.38. The van der Waals surface area contributed by atoms with Gasteiger partial charge in [-0.25, -0.2) is 9.18 Å². The maximum atomic E-state index is 13.5. The summed E-state index contributed by atoms with van der Waals surface area (Å²) >= 11 is 0. The maximum absolute atomic E-state index is 13.5. The van der Waals surface area contributed by atoms with Gasteiger partial charge in [0.25, 0.3) is 5.91 Å². The van der Waals surface area contributed by atoms with Crippen LogP contribution in [0.5, 0.6) is 0 Å². The van der Waals surface area contributed by atoms with Crippen LogP contribution in [0.4, 0.5) is 28.0 Å². The summed E-state index contributed by atoms with van der Waals surface area (Å²) < 4.78 is 52.7. The number of alkyl halides is 3. The smallest absolute Gasteiger partial charge is 0.364 e. The van der Waals surface area contributed by atoms with Gasteiger partial charge in [0.1, 0.15) is 11.5 Å². The van der Waals surface area contributed by atoms with Crippen molar-refractivity contribution in [2.24, 2.45) is 5.73 Å². The number of nitrogens with two attached hydrogens (primary N) is 1. The number of hydrogen-bond acceptors (Lipinski definition) is 3. The van der Waals surface area contributed by atoms with E-state index in [-0.39, 0.29) is 17.9 Å². The molecule has 11 heteroatoms. The van der Waals surface area contributed by atoms with Crippen LogP contribution in [0.3, 0.4) is 0 Å². The summed E-state index contributed by atoms with van der Waals surface area (Å²) in [6.45, 7) is 0.464. The van der Waals surface area contributed by atoms with Crippen molar-refractivity contribution >= 4 is 28.5 Å². The zero-order chi connectivity index (χ0) is 21.9. The van der Waals surface area contributed by atoms with Crippen LogP contribution < -0.4 is 16.4 Å². The van der Waals surface area contributed by atoms with Gasteiger partial charge in [0.05, 0.1) is 11.1 Å². The number of hydrogen-bond donors (Lipinski definition) is 3. The number of carbonyl (C=O) groups excluding carboxylic acids is 2. The number of halogens is 4. The molecule has 2 aromatic carbocycles. The van der Waals surface area contributed by atoms with Gasteiger partial charge in [-0.2, -0.15) is 18.3 Å². The van der Waals surface area contributed by atoms with Crippen molar-refractivity contribution < 1.29 is 27.2 Å². The van der Waals surface area contributed by atoms with Crippen molar-refractivity contribution in [2.75, 3.05) is 11.9 Å². The lowest BCUT2D eigenvalue weighted by molar-refractivity contribution is -0.139. The number of benzene rings is 2. The predicted octanol–water partition coefficient (Wildman–Crippen LogP) is 3.50. The Morgan fingerprint density at radius 3 is 2.53 bits per heavy atom. The van der Waals surface area contributed by atoms with Gasteiger partial charge in [-0.05, 0) is 30.7 Å². The SMILES string of the molecule is NC(=O)c1c2ccccc2nn1CCCNC(=O)Nc1ccc(C(F)(F)F)c(F)c1. The molecule has 0 aliphatic heterocycles. The van der Waals surface area contributed by atoms with Crippen molar-refractivity contribution in [3.63, 3.8) is 0 Å². The van der Waals surface area contributed by atoms with Gasteiger partial charge in [0, 0.05) is 24.2 Å². The number of nitrogens with one attached hydrogen (secondary N) is 2. The minimum Gasteiger partial charge on any atom is -0.364 e. The number of carbonyl (C=O) groups is 2. The molecule has 3 amide bonds. The number of fused-ring (bicyclic) bond motifs is 1. The van der Waals surface area contributed by atoms with Crippen molar-refractivity contribution in [3.05, 3.63) is 59.5 Å². The fourth-order valence-corrected chi connectivity index (χ4v) is 2.93. The molecule has 0 aliphatic rings. The van der Waals surface area contributed by atoms with E-state index in [1.807, 2.05) is 0 Å². The summed E-state index contributed by atoms with van der Waals surface area (Å²) in [5, 5.41) is 9.69. The summed E-state index contributed by atoms with van der Waals surface area (Å²) in [7, 11) is 0. The molecule has 0 unspecified atom stereocenters. The lowest BCUT2D eigenvalue weighted by atomic mass is 10.2. The van der Waals surface area contributed by atoms with E-state index >= 15 is 0 Å². The van der Waals surface area contributed by atoms with E-state index in [9.17, 15) is 27.2 Å². The van der Waals surface area contributed by atoms with Gasteiger partial charge >= 0.3 is 12.2 Å². The molecule has 158 valence electrons. The largest absolute Gasteiger partial charge is 0.419 e. The first-order chi connectivity index (χ1) is 14.2. The third-order valence-corrected chi connectivity index (χ3v) is 4.24. The Labute approximate surface area is 167 Å². The van der Waals surface area contributed by atoms with Gasteiger partial charge < -0.3 is 16.4 Å². The first-order valence-corrected chi connectivity index (χ1v) is 8.84. The van der Waals surface area contributed by atoms with Crippen molar-refractivity contribution in [1.82, 2.24) is 15.1 Å². The van der Waals surface area contributed by atoms with Crippen molar-refractivity contribution in [1.29, 1.82) is 0 Å². The highest BCUT2D eigenvalue weighted by atomic mass is 19.4. The number of aromatic nitrogens is 2. The summed E-state index contributed by atoms with van der Waals surface area (Å²) in [5.41, 5.74) is 4.77. The fourth-order valence-electron chi connectivity index (χ4n) is 2.93. The second-order valence-electron chi connectivity index (χ2n) is 6.38. The standard InChI is InChI=1S/C19H17F4N5O2/c20-14-10-11(6-7-13(14)19(21,22)23)26-18(30)25-8-3-9-28-16(17(24)29)12-4-1-2-5-15(12)27-28/h1-2,4-7,10H,3,8-9H2,(H2,24,29)(H2,25,26,30). The van der Waals surface area contributed by atoms with E-state index in [4.69, 9.17) is 5.73 Å². The quantitative estimate of drug-likeness (QED) is 0.418. The summed E-state index contributed by atoms with van der Waals surface area (Å²) in [6, 6.07) is 8.41. The van der Waals surface area contributed by atoms with E-state index in [1.54, 1.807) is 24.3 Å². The van der Waals surface area contributed by atoms with Gasteiger partial charge in [0.2, 0.25) is 0 Å². The molecule has 4 N–H and O–H groups in total. The number of aryl methyl sites for hydroxylation is 1. The minimum atomic E-state index is -4.81. The van der Waals surface area contributed by atoms with Crippen LogP contribution in [0.25, 0.3) is 10.9 Å². The third kappa shape index (κ3) is 4.67. The number of urea groups is 1. The molecule has 0 spiro atoms. The number of anilines is 1. The Kier molecular flexibility index (Phi) is 5.90. The molecule has 0 atom stereocenters. The minimum absolute atomic E-state index is 0.118. The zero-order valence-electron chi connectivity index (χ0n) is 15.5. The average molecular weight is 423 g/mol. The van der Waals surface area contributed by atoms with Crippen LogP contribution in [0.15, 0.2) is 42.5 Å². The number of rotatable bonds is 6. The molecule has 0 saturated carbocycles. The van der Waals surface area contributed by atoms with E-state index in [0.29, 0.717) is 36.0 Å².